The van der Waals surface area contributed by atoms with Gasteiger partial charge in [0.1, 0.15) is 5.75 Å². The highest BCUT2D eigenvalue weighted by Gasteiger charge is 2.12. The highest BCUT2D eigenvalue weighted by Crippen LogP contribution is 2.20. The number of hydrogen-bond acceptors (Lipinski definition) is 4. The molecule has 0 aliphatic carbocycles. The second-order valence-corrected chi connectivity index (χ2v) is 6.60. The Labute approximate surface area is 163 Å². The Morgan fingerprint density at radius 1 is 1.15 bits per heavy atom. The summed E-state index contributed by atoms with van der Waals surface area (Å²) in [5.41, 5.74) is 4.89. The Morgan fingerprint density at radius 2 is 1.85 bits per heavy atom. The van der Waals surface area contributed by atoms with Crippen molar-refractivity contribution in [3.05, 3.63) is 64.2 Å². The van der Waals surface area contributed by atoms with Gasteiger partial charge in [0, 0.05) is 17.1 Å². The van der Waals surface area contributed by atoms with E-state index in [9.17, 15) is 9.59 Å². The fraction of sp³-hybridized carbons (Fsp3) is 0.250. The van der Waals surface area contributed by atoms with Gasteiger partial charge in [-0.05, 0) is 35.2 Å². The summed E-state index contributed by atoms with van der Waals surface area (Å²) in [6.45, 7) is 4.48. The molecule has 0 saturated heterocycles. The first kappa shape index (κ1) is 20.5. The maximum atomic E-state index is 11.9. The van der Waals surface area contributed by atoms with Gasteiger partial charge in [-0.2, -0.15) is 5.10 Å². The third-order valence-electron chi connectivity index (χ3n) is 3.87. The quantitative estimate of drug-likeness (QED) is 0.453. The molecule has 2 aromatic carbocycles. The van der Waals surface area contributed by atoms with Crippen LogP contribution in [0.15, 0.2) is 47.6 Å². The van der Waals surface area contributed by atoms with Crippen LogP contribution in [0, 0.1) is 0 Å². The van der Waals surface area contributed by atoms with Crippen molar-refractivity contribution in [3.8, 4) is 5.75 Å². The number of hydrogen-bond donors (Lipinski definition) is 2. The molecule has 0 aromatic heterocycles. The Balaban J connectivity index is 1.87. The largest absolute Gasteiger partial charge is 0.496 e. The van der Waals surface area contributed by atoms with Gasteiger partial charge in [-0.1, -0.05) is 49.7 Å². The van der Waals surface area contributed by atoms with E-state index in [-0.39, 0.29) is 6.54 Å². The van der Waals surface area contributed by atoms with E-state index in [4.69, 9.17) is 16.3 Å². The van der Waals surface area contributed by atoms with Crippen LogP contribution < -0.4 is 15.5 Å². The van der Waals surface area contributed by atoms with Crippen LogP contribution in [0.2, 0.25) is 5.02 Å². The number of ether oxygens (including phenoxy) is 1. The zero-order valence-electron chi connectivity index (χ0n) is 15.5. The van der Waals surface area contributed by atoms with E-state index in [0.717, 1.165) is 5.56 Å². The number of benzene rings is 2. The fourth-order valence-corrected chi connectivity index (χ4v) is 2.48. The summed E-state index contributed by atoms with van der Waals surface area (Å²) < 4.78 is 5.17. The van der Waals surface area contributed by atoms with Crippen molar-refractivity contribution in [1.29, 1.82) is 0 Å². The van der Waals surface area contributed by atoms with Gasteiger partial charge in [0.25, 0.3) is 0 Å². The number of halogens is 1. The van der Waals surface area contributed by atoms with Crippen molar-refractivity contribution in [2.45, 2.75) is 26.3 Å². The molecule has 0 bridgehead atoms. The highest BCUT2D eigenvalue weighted by atomic mass is 35.5. The van der Waals surface area contributed by atoms with Gasteiger partial charge in [0.2, 0.25) is 0 Å². The minimum Gasteiger partial charge on any atom is -0.496 e. The Kier molecular flexibility index (Phi) is 7.37. The number of hydrazone groups is 1. The Morgan fingerprint density at radius 3 is 2.48 bits per heavy atom. The third-order valence-corrected chi connectivity index (χ3v) is 4.10. The van der Waals surface area contributed by atoms with Crippen molar-refractivity contribution in [2.75, 3.05) is 7.11 Å². The molecule has 2 aromatic rings. The van der Waals surface area contributed by atoms with Gasteiger partial charge < -0.3 is 10.1 Å². The normalized spacial score (nSPS) is 10.9. The zero-order chi connectivity index (χ0) is 19.8. The number of rotatable bonds is 6. The SMILES string of the molecule is COc1ccc(Cl)cc1/C=N\NC(=O)C(=O)NCc1ccc(C(C)C)cc1. The van der Waals surface area contributed by atoms with Crippen molar-refractivity contribution in [3.63, 3.8) is 0 Å². The molecule has 2 rings (SSSR count). The molecule has 0 unspecified atom stereocenters. The van der Waals surface area contributed by atoms with Crippen molar-refractivity contribution < 1.29 is 14.3 Å². The molecular weight excluding hydrogens is 366 g/mol. The smallest absolute Gasteiger partial charge is 0.329 e. The lowest BCUT2D eigenvalue weighted by molar-refractivity contribution is -0.139. The van der Waals surface area contributed by atoms with Gasteiger partial charge in [-0.15, -0.1) is 0 Å². The van der Waals surface area contributed by atoms with Gasteiger partial charge in [0.05, 0.1) is 13.3 Å². The zero-order valence-corrected chi connectivity index (χ0v) is 16.2. The van der Waals surface area contributed by atoms with Gasteiger partial charge in [-0.3, -0.25) is 9.59 Å². The second kappa shape index (κ2) is 9.73. The first-order valence-electron chi connectivity index (χ1n) is 8.44. The molecule has 0 aliphatic heterocycles. The van der Waals surface area contributed by atoms with E-state index in [2.05, 4.69) is 29.7 Å². The van der Waals surface area contributed by atoms with Crippen LogP contribution in [-0.2, 0) is 16.1 Å². The number of amides is 2. The molecule has 2 amide bonds. The number of nitrogens with zero attached hydrogens (tertiary/aromatic N) is 1. The van der Waals surface area contributed by atoms with Gasteiger partial charge in [-0.25, -0.2) is 5.43 Å². The lowest BCUT2D eigenvalue weighted by atomic mass is 10.0. The van der Waals surface area contributed by atoms with Crippen molar-refractivity contribution >= 4 is 29.6 Å². The van der Waals surface area contributed by atoms with Crippen LogP contribution in [0.3, 0.4) is 0 Å². The van der Waals surface area contributed by atoms with E-state index < -0.39 is 11.8 Å². The molecule has 6 nitrogen and oxygen atoms in total. The summed E-state index contributed by atoms with van der Waals surface area (Å²) in [6.07, 6.45) is 1.36. The van der Waals surface area contributed by atoms with Crippen LogP contribution >= 0.6 is 11.6 Å². The average molecular weight is 388 g/mol. The Bertz CT molecular complexity index is 833. The van der Waals surface area contributed by atoms with Crippen LogP contribution in [-0.4, -0.2) is 25.1 Å². The van der Waals surface area contributed by atoms with E-state index in [1.165, 1.54) is 18.9 Å². The maximum absolute atomic E-state index is 11.9. The maximum Gasteiger partial charge on any atom is 0.329 e. The molecule has 0 aliphatic rings. The molecule has 0 spiro atoms. The highest BCUT2D eigenvalue weighted by molar-refractivity contribution is 6.35. The van der Waals surface area contributed by atoms with E-state index in [1.54, 1.807) is 18.2 Å². The summed E-state index contributed by atoms with van der Waals surface area (Å²) in [7, 11) is 1.51. The lowest BCUT2D eigenvalue weighted by Crippen LogP contribution is -2.37. The van der Waals surface area contributed by atoms with Crippen LogP contribution in [0.25, 0.3) is 0 Å². The molecule has 0 atom stereocenters. The Hall–Kier alpha value is -2.86. The predicted molar refractivity (Wildman–Crippen MR) is 106 cm³/mol. The number of carbonyl (C=O) groups is 2. The monoisotopic (exact) mass is 387 g/mol. The molecular formula is C20H22ClN3O3. The lowest BCUT2D eigenvalue weighted by Gasteiger charge is -2.08. The number of methoxy groups -OCH3 is 1. The summed E-state index contributed by atoms with van der Waals surface area (Å²) in [5.74, 6) is -0.633. The molecule has 0 saturated carbocycles. The number of carbonyl (C=O) groups excluding carboxylic acids is 2. The number of nitrogens with one attached hydrogen (secondary N) is 2. The molecule has 0 fully saturated rings. The topological polar surface area (TPSA) is 79.8 Å². The molecule has 2 N–H and O–H groups in total. The summed E-state index contributed by atoms with van der Waals surface area (Å²) >= 11 is 5.92. The molecule has 7 heteroatoms. The van der Waals surface area contributed by atoms with E-state index in [1.807, 2.05) is 24.3 Å². The van der Waals surface area contributed by atoms with Gasteiger partial charge >= 0.3 is 11.8 Å². The van der Waals surface area contributed by atoms with E-state index in [0.29, 0.717) is 22.3 Å². The standard InChI is InChI=1S/C20H22ClN3O3/c1-13(2)15-6-4-14(5-7-15)11-22-19(25)20(26)24-23-12-16-10-17(21)8-9-18(16)27-3/h4-10,12-13H,11H2,1-3H3,(H,22,25)(H,24,26)/b23-12-. The van der Waals surface area contributed by atoms with Gasteiger partial charge in [0.15, 0.2) is 0 Å². The fourth-order valence-electron chi connectivity index (χ4n) is 2.30. The molecule has 0 radical (unpaired) electrons. The first-order valence-corrected chi connectivity index (χ1v) is 8.82. The van der Waals surface area contributed by atoms with Crippen molar-refractivity contribution in [1.82, 2.24) is 10.7 Å². The molecule has 0 heterocycles. The molecule has 142 valence electrons. The summed E-state index contributed by atoms with van der Waals surface area (Å²) in [6, 6.07) is 12.9. The van der Waals surface area contributed by atoms with Crippen LogP contribution in [0.5, 0.6) is 5.75 Å². The predicted octanol–water partition coefficient (Wildman–Crippen LogP) is 3.24. The molecule has 27 heavy (non-hydrogen) atoms. The minimum absolute atomic E-state index is 0.260. The first-order chi connectivity index (χ1) is 12.9. The van der Waals surface area contributed by atoms with Crippen LogP contribution in [0.4, 0.5) is 0 Å². The summed E-state index contributed by atoms with van der Waals surface area (Å²) in [5, 5.41) is 6.84. The van der Waals surface area contributed by atoms with Crippen molar-refractivity contribution in [2.24, 2.45) is 5.10 Å². The second-order valence-electron chi connectivity index (χ2n) is 6.16. The third kappa shape index (κ3) is 6.11. The average Bonchev–Trinajstić information content (AvgIpc) is 2.66. The summed E-state index contributed by atoms with van der Waals surface area (Å²) in [4.78, 5) is 23.7. The van der Waals surface area contributed by atoms with E-state index >= 15 is 0 Å². The minimum atomic E-state index is -0.856. The van der Waals surface area contributed by atoms with Crippen LogP contribution in [0.1, 0.15) is 36.5 Å².